The minimum absolute atomic E-state index is 0.154. The summed E-state index contributed by atoms with van der Waals surface area (Å²) in [7, 11) is -3.47. The van der Waals surface area contributed by atoms with Crippen LogP contribution in [0.1, 0.15) is 17.9 Å². The van der Waals surface area contributed by atoms with Crippen LogP contribution in [0.5, 0.6) is 0 Å². The highest BCUT2D eigenvalue weighted by atomic mass is 32.2. The zero-order valence-electron chi connectivity index (χ0n) is 10.3. The Bertz CT molecular complexity index is 609. The molecule has 1 unspecified atom stereocenters. The Kier molecular flexibility index (Phi) is 3.61. The van der Waals surface area contributed by atoms with Crippen molar-refractivity contribution in [2.24, 2.45) is 0 Å². The largest absolute Gasteiger partial charge is 0.481 e. The van der Waals surface area contributed by atoms with Gasteiger partial charge in [-0.25, -0.2) is 8.42 Å². The van der Waals surface area contributed by atoms with Gasteiger partial charge in [-0.3, -0.25) is 9.10 Å². The van der Waals surface area contributed by atoms with Crippen molar-refractivity contribution in [3.63, 3.8) is 0 Å². The first-order chi connectivity index (χ1) is 8.97. The lowest BCUT2D eigenvalue weighted by Crippen LogP contribution is -2.39. The number of carbonyl (C=O) groups is 1. The molecule has 1 heterocycles. The van der Waals surface area contributed by atoms with Crippen molar-refractivity contribution in [1.29, 1.82) is 0 Å². The average Bonchev–Trinajstić information content (AvgIpc) is 2.37. The lowest BCUT2D eigenvalue weighted by Gasteiger charge is -2.33. The van der Waals surface area contributed by atoms with E-state index in [1.165, 1.54) is 10.4 Å². The van der Waals surface area contributed by atoms with E-state index in [2.05, 4.69) is 6.58 Å². The van der Waals surface area contributed by atoms with Crippen molar-refractivity contribution in [3.05, 3.63) is 42.5 Å². The average molecular weight is 281 g/mol. The van der Waals surface area contributed by atoms with Gasteiger partial charge in [0.05, 0.1) is 17.4 Å². The quantitative estimate of drug-likeness (QED) is 0.850. The fourth-order valence-corrected chi connectivity index (χ4v) is 3.64. The van der Waals surface area contributed by atoms with Crippen LogP contribution in [0.2, 0.25) is 0 Å². The highest BCUT2D eigenvalue weighted by Gasteiger charge is 2.34. The van der Waals surface area contributed by atoms with E-state index in [1.54, 1.807) is 24.3 Å². The van der Waals surface area contributed by atoms with Crippen LogP contribution in [0.4, 0.5) is 5.69 Å². The first-order valence-corrected chi connectivity index (χ1v) is 7.51. The molecule has 0 bridgehead atoms. The first-order valence-electron chi connectivity index (χ1n) is 5.90. The van der Waals surface area contributed by atoms with Crippen LogP contribution in [-0.2, 0) is 14.8 Å². The van der Waals surface area contributed by atoms with Crippen LogP contribution in [-0.4, -0.2) is 31.8 Å². The van der Waals surface area contributed by atoms with E-state index >= 15 is 0 Å². The van der Waals surface area contributed by atoms with Gasteiger partial charge in [0, 0.05) is 6.54 Å². The van der Waals surface area contributed by atoms with Gasteiger partial charge in [-0.15, -0.1) is 6.58 Å². The van der Waals surface area contributed by atoms with Crippen LogP contribution >= 0.6 is 0 Å². The molecule has 1 aromatic carbocycles. The third kappa shape index (κ3) is 2.49. The monoisotopic (exact) mass is 281 g/mol. The van der Waals surface area contributed by atoms with Crippen molar-refractivity contribution < 1.29 is 18.3 Å². The normalized spacial score (nSPS) is 18.7. The Labute approximate surface area is 112 Å². The fraction of sp³-hybridized carbons (Fsp3) is 0.308. The molecule has 0 spiro atoms. The molecule has 0 saturated carbocycles. The second-order valence-electron chi connectivity index (χ2n) is 4.38. The van der Waals surface area contributed by atoms with Gasteiger partial charge in [0.2, 0.25) is 10.0 Å². The summed E-state index contributed by atoms with van der Waals surface area (Å²) in [6.45, 7) is 3.62. The molecular weight excluding hydrogens is 266 g/mol. The lowest BCUT2D eigenvalue weighted by molar-refractivity contribution is -0.139. The number of anilines is 1. The second kappa shape index (κ2) is 5.05. The van der Waals surface area contributed by atoms with Crippen LogP contribution in [0.15, 0.2) is 36.9 Å². The molecule has 0 radical (unpaired) electrons. The Morgan fingerprint density at radius 3 is 2.79 bits per heavy atom. The standard InChI is InChI=1S/C13H15NO4S/c1-2-9-19(17,18)14-8-7-11(13(15)16)10-5-3-4-6-12(10)14/h2-6,11H,1,7-9H2,(H,15,16). The van der Waals surface area contributed by atoms with E-state index < -0.39 is 21.9 Å². The first kappa shape index (κ1) is 13.6. The third-order valence-corrected chi connectivity index (χ3v) is 4.87. The smallest absolute Gasteiger partial charge is 0.311 e. The molecule has 102 valence electrons. The number of nitrogens with zero attached hydrogens (tertiary/aromatic N) is 1. The predicted molar refractivity (Wildman–Crippen MR) is 72.8 cm³/mol. The number of carboxylic acid groups (broad SMARTS) is 1. The van der Waals surface area contributed by atoms with Crippen molar-refractivity contribution in [1.82, 2.24) is 0 Å². The van der Waals surface area contributed by atoms with Crippen molar-refractivity contribution >= 4 is 21.7 Å². The molecule has 0 aromatic heterocycles. The van der Waals surface area contributed by atoms with Gasteiger partial charge in [-0.05, 0) is 18.1 Å². The molecule has 2 rings (SSSR count). The molecule has 1 aliphatic rings. The Morgan fingerprint density at radius 1 is 1.47 bits per heavy atom. The zero-order valence-corrected chi connectivity index (χ0v) is 11.1. The summed E-state index contributed by atoms with van der Waals surface area (Å²) < 4.78 is 25.5. The van der Waals surface area contributed by atoms with Crippen LogP contribution < -0.4 is 4.31 Å². The van der Waals surface area contributed by atoms with Crippen LogP contribution in [0.25, 0.3) is 0 Å². The summed E-state index contributed by atoms with van der Waals surface area (Å²) >= 11 is 0. The molecule has 5 nitrogen and oxygen atoms in total. The molecule has 1 aliphatic heterocycles. The van der Waals surface area contributed by atoms with Gasteiger partial charge in [-0.1, -0.05) is 24.3 Å². The van der Waals surface area contributed by atoms with Gasteiger partial charge in [0.1, 0.15) is 0 Å². The van der Waals surface area contributed by atoms with E-state index in [-0.39, 0.29) is 18.7 Å². The number of fused-ring (bicyclic) bond motifs is 1. The molecule has 1 atom stereocenters. The lowest BCUT2D eigenvalue weighted by atomic mass is 9.91. The predicted octanol–water partition coefficient (Wildman–Crippen LogP) is 1.58. The maximum atomic E-state index is 12.1. The second-order valence-corrected chi connectivity index (χ2v) is 6.32. The minimum atomic E-state index is -3.47. The number of aliphatic carboxylic acids is 1. The molecular formula is C13H15NO4S. The summed E-state index contributed by atoms with van der Waals surface area (Å²) in [5.41, 5.74) is 1.01. The van der Waals surface area contributed by atoms with E-state index in [9.17, 15) is 18.3 Å². The number of rotatable bonds is 4. The molecule has 6 heteroatoms. The molecule has 1 N–H and O–H groups in total. The zero-order chi connectivity index (χ0) is 14.0. The van der Waals surface area contributed by atoms with Gasteiger partial charge in [0.25, 0.3) is 0 Å². The Balaban J connectivity index is 2.49. The number of benzene rings is 1. The topological polar surface area (TPSA) is 74.7 Å². The molecule has 1 aromatic rings. The van der Waals surface area contributed by atoms with Gasteiger partial charge in [0.15, 0.2) is 0 Å². The van der Waals surface area contributed by atoms with Crippen molar-refractivity contribution in [3.8, 4) is 0 Å². The number of hydrogen-bond acceptors (Lipinski definition) is 3. The van der Waals surface area contributed by atoms with Gasteiger partial charge < -0.3 is 5.11 Å². The van der Waals surface area contributed by atoms with Crippen molar-refractivity contribution in [2.75, 3.05) is 16.6 Å². The Morgan fingerprint density at radius 2 is 2.16 bits per heavy atom. The summed E-state index contributed by atoms with van der Waals surface area (Å²) in [5, 5.41) is 9.19. The van der Waals surface area contributed by atoms with E-state index in [0.717, 1.165) is 0 Å². The molecule has 0 fully saturated rings. The molecule has 0 aliphatic carbocycles. The van der Waals surface area contributed by atoms with E-state index in [1.807, 2.05) is 0 Å². The maximum Gasteiger partial charge on any atom is 0.311 e. The molecule has 0 amide bonds. The number of carboxylic acids is 1. The van der Waals surface area contributed by atoms with Crippen LogP contribution in [0, 0.1) is 0 Å². The van der Waals surface area contributed by atoms with Crippen molar-refractivity contribution in [2.45, 2.75) is 12.3 Å². The third-order valence-electron chi connectivity index (χ3n) is 3.16. The summed E-state index contributed by atoms with van der Waals surface area (Å²) in [6, 6.07) is 6.74. The highest BCUT2D eigenvalue weighted by Crippen LogP contribution is 2.36. The summed E-state index contributed by atoms with van der Waals surface area (Å²) in [5.74, 6) is -1.72. The molecule has 0 saturated heterocycles. The Hall–Kier alpha value is -1.82. The minimum Gasteiger partial charge on any atom is -0.481 e. The van der Waals surface area contributed by atoms with Gasteiger partial charge >= 0.3 is 5.97 Å². The molecule has 19 heavy (non-hydrogen) atoms. The van der Waals surface area contributed by atoms with E-state index in [0.29, 0.717) is 11.3 Å². The van der Waals surface area contributed by atoms with Crippen LogP contribution in [0.3, 0.4) is 0 Å². The number of para-hydroxylation sites is 1. The SMILES string of the molecule is C=CCS(=O)(=O)N1CCC(C(=O)O)c2ccccc21. The summed E-state index contributed by atoms with van der Waals surface area (Å²) in [6.07, 6.45) is 1.62. The fourth-order valence-electron chi connectivity index (χ4n) is 2.32. The highest BCUT2D eigenvalue weighted by molar-refractivity contribution is 7.92. The van der Waals surface area contributed by atoms with E-state index in [4.69, 9.17) is 0 Å². The van der Waals surface area contributed by atoms with Gasteiger partial charge in [-0.2, -0.15) is 0 Å². The summed E-state index contributed by atoms with van der Waals surface area (Å²) in [4.78, 5) is 11.2. The number of hydrogen-bond donors (Lipinski definition) is 1. The number of sulfonamides is 1. The maximum absolute atomic E-state index is 12.1.